The lowest BCUT2D eigenvalue weighted by atomic mass is 10.3. The molecule has 1 amide bonds. The molecule has 2 aromatic rings. The zero-order valence-corrected chi connectivity index (χ0v) is 13.2. The van der Waals surface area contributed by atoms with Crippen molar-refractivity contribution in [3.05, 3.63) is 35.9 Å². The van der Waals surface area contributed by atoms with Crippen LogP contribution in [0, 0.1) is 5.82 Å². The van der Waals surface area contributed by atoms with E-state index in [0.717, 1.165) is 12.8 Å². The van der Waals surface area contributed by atoms with Crippen LogP contribution < -0.4 is 11.2 Å². The summed E-state index contributed by atoms with van der Waals surface area (Å²) in [6.07, 6.45) is 1.65. The van der Waals surface area contributed by atoms with Gasteiger partial charge in [-0.25, -0.2) is 9.07 Å². The summed E-state index contributed by atoms with van der Waals surface area (Å²) in [5, 5.41) is 10.8. The van der Waals surface area contributed by atoms with E-state index in [9.17, 15) is 9.18 Å². The minimum atomic E-state index is -0.411. The van der Waals surface area contributed by atoms with Crippen LogP contribution in [0.2, 0.25) is 0 Å². The molecule has 2 rings (SSSR count). The molecule has 0 aliphatic carbocycles. The van der Waals surface area contributed by atoms with Crippen LogP contribution in [0.25, 0.3) is 0 Å². The van der Waals surface area contributed by atoms with Gasteiger partial charge in [-0.15, -0.1) is 10.2 Å². The maximum Gasteiger partial charge on any atom is 0.237 e. The number of halogens is 1. The second kappa shape index (κ2) is 7.26. The molecule has 6 nitrogen and oxygen atoms in total. The molecule has 0 bridgehead atoms. The van der Waals surface area contributed by atoms with Crippen LogP contribution in [0.3, 0.4) is 0 Å². The van der Waals surface area contributed by atoms with Crippen LogP contribution in [-0.4, -0.2) is 26.0 Å². The first kappa shape index (κ1) is 16.3. The Balaban J connectivity index is 1.97. The second-order valence-corrected chi connectivity index (χ2v) is 6.08. The van der Waals surface area contributed by atoms with Gasteiger partial charge < -0.3 is 11.2 Å². The minimum absolute atomic E-state index is 0.211. The Labute approximate surface area is 132 Å². The van der Waals surface area contributed by atoms with Gasteiger partial charge in [-0.3, -0.25) is 4.79 Å². The molecule has 0 aliphatic rings. The monoisotopic (exact) mass is 323 g/mol. The van der Waals surface area contributed by atoms with Gasteiger partial charge in [0.2, 0.25) is 11.1 Å². The standard InChI is InChI=1S/C14H18FN5OS/c1-3-4-12-18-19-14(20(12)16)22-9(2)13(21)17-11-7-5-10(15)6-8-11/h5-9H,3-4,16H2,1-2H3,(H,17,21)/t9-/m0/s1. The third kappa shape index (κ3) is 3.97. The molecule has 1 aromatic carbocycles. The summed E-state index contributed by atoms with van der Waals surface area (Å²) >= 11 is 1.23. The molecule has 1 aromatic heterocycles. The number of carbonyl (C=O) groups excluding carboxylic acids is 1. The predicted octanol–water partition coefficient (Wildman–Crippen LogP) is 2.20. The molecule has 0 radical (unpaired) electrons. The number of hydrogen-bond donors (Lipinski definition) is 2. The average molecular weight is 323 g/mol. The van der Waals surface area contributed by atoms with Crippen LogP contribution in [0.5, 0.6) is 0 Å². The highest BCUT2D eigenvalue weighted by molar-refractivity contribution is 8.00. The van der Waals surface area contributed by atoms with Crippen LogP contribution in [-0.2, 0) is 11.2 Å². The van der Waals surface area contributed by atoms with E-state index in [0.29, 0.717) is 16.7 Å². The molecule has 8 heteroatoms. The number of aromatic nitrogens is 3. The van der Waals surface area contributed by atoms with Gasteiger partial charge in [-0.05, 0) is 37.6 Å². The number of nitrogens with two attached hydrogens (primary N) is 1. The third-order valence-corrected chi connectivity index (χ3v) is 4.03. The number of thioether (sulfide) groups is 1. The van der Waals surface area contributed by atoms with E-state index in [1.165, 1.54) is 40.7 Å². The van der Waals surface area contributed by atoms with Crippen molar-refractivity contribution in [2.45, 2.75) is 37.1 Å². The van der Waals surface area contributed by atoms with Gasteiger partial charge in [0.1, 0.15) is 5.82 Å². The Hall–Kier alpha value is -2.09. The fourth-order valence-electron chi connectivity index (χ4n) is 1.77. The number of nitrogens with zero attached hydrogens (tertiary/aromatic N) is 3. The van der Waals surface area contributed by atoms with Gasteiger partial charge in [0, 0.05) is 12.1 Å². The first-order valence-corrected chi connectivity index (χ1v) is 7.81. The SMILES string of the molecule is CCCc1nnc(S[C@@H](C)C(=O)Nc2ccc(F)cc2)n1N. The van der Waals surface area contributed by atoms with Gasteiger partial charge in [0.25, 0.3) is 0 Å². The van der Waals surface area contributed by atoms with Crippen LogP contribution >= 0.6 is 11.8 Å². The highest BCUT2D eigenvalue weighted by Gasteiger charge is 2.19. The molecule has 0 fully saturated rings. The van der Waals surface area contributed by atoms with E-state index in [1.54, 1.807) is 6.92 Å². The van der Waals surface area contributed by atoms with Crippen molar-refractivity contribution in [3.8, 4) is 0 Å². The molecule has 0 aliphatic heterocycles. The first-order chi connectivity index (χ1) is 10.5. The lowest BCUT2D eigenvalue weighted by Crippen LogP contribution is -2.23. The number of carbonyl (C=O) groups is 1. The molecule has 0 saturated heterocycles. The number of rotatable bonds is 6. The molecule has 118 valence electrons. The molecule has 3 N–H and O–H groups in total. The maximum atomic E-state index is 12.8. The topological polar surface area (TPSA) is 85.8 Å². The molecule has 0 saturated carbocycles. The highest BCUT2D eigenvalue weighted by atomic mass is 32.2. The fourth-order valence-corrected chi connectivity index (χ4v) is 2.56. The summed E-state index contributed by atoms with van der Waals surface area (Å²) in [5.41, 5.74) is 0.541. The van der Waals surface area contributed by atoms with Gasteiger partial charge in [-0.1, -0.05) is 18.7 Å². The zero-order valence-electron chi connectivity index (χ0n) is 12.4. The zero-order chi connectivity index (χ0) is 16.1. The Morgan fingerprint density at radius 3 is 2.73 bits per heavy atom. The third-order valence-electron chi connectivity index (χ3n) is 2.97. The molecular formula is C14H18FN5OS. The summed E-state index contributed by atoms with van der Waals surface area (Å²) in [6, 6.07) is 5.60. The number of anilines is 1. The minimum Gasteiger partial charge on any atom is -0.336 e. The number of benzene rings is 1. The molecule has 1 atom stereocenters. The lowest BCUT2D eigenvalue weighted by molar-refractivity contribution is -0.115. The number of nitrogen functional groups attached to an aromatic ring is 1. The van der Waals surface area contributed by atoms with Crippen LogP contribution in [0.4, 0.5) is 10.1 Å². The second-order valence-electron chi connectivity index (χ2n) is 4.78. The average Bonchev–Trinajstić information content (AvgIpc) is 2.83. The molecular weight excluding hydrogens is 305 g/mol. The summed E-state index contributed by atoms with van der Waals surface area (Å²) < 4.78 is 14.2. The summed E-state index contributed by atoms with van der Waals surface area (Å²) in [6.45, 7) is 3.78. The van der Waals surface area contributed by atoms with Gasteiger partial charge >= 0.3 is 0 Å². The van der Waals surface area contributed by atoms with Gasteiger partial charge in [0.05, 0.1) is 5.25 Å². The van der Waals surface area contributed by atoms with Crippen LogP contribution in [0.1, 0.15) is 26.1 Å². The van der Waals surface area contributed by atoms with Crippen molar-refractivity contribution in [2.24, 2.45) is 0 Å². The van der Waals surface area contributed by atoms with Gasteiger partial charge in [-0.2, -0.15) is 0 Å². The van der Waals surface area contributed by atoms with E-state index < -0.39 is 5.25 Å². The number of hydrogen-bond acceptors (Lipinski definition) is 5. The number of nitrogens with one attached hydrogen (secondary N) is 1. The summed E-state index contributed by atoms with van der Waals surface area (Å²) in [5.74, 6) is 6.04. The van der Waals surface area contributed by atoms with E-state index in [-0.39, 0.29) is 11.7 Å². The fraction of sp³-hybridized carbons (Fsp3) is 0.357. The van der Waals surface area contributed by atoms with E-state index in [4.69, 9.17) is 5.84 Å². The summed E-state index contributed by atoms with van der Waals surface area (Å²) in [4.78, 5) is 12.1. The van der Waals surface area contributed by atoms with Crippen molar-refractivity contribution in [1.29, 1.82) is 0 Å². The molecule has 1 heterocycles. The summed E-state index contributed by atoms with van der Waals surface area (Å²) in [7, 11) is 0. The van der Waals surface area contributed by atoms with Crippen molar-refractivity contribution < 1.29 is 9.18 Å². The smallest absolute Gasteiger partial charge is 0.237 e. The quantitative estimate of drug-likeness (QED) is 0.629. The maximum absolute atomic E-state index is 12.8. The van der Waals surface area contributed by atoms with Crippen LogP contribution in [0.15, 0.2) is 29.4 Å². The van der Waals surface area contributed by atoms with E-state index in [2.05, 4.69) is 15.5 Å². The van der Waals surface area contributed by atoms with E-state index >= 15 is 0 Å². The highest BCUT2D eigenvalue weighted by Crippen LogP contribution is 2.22. The molecule has 22 heavy (non-hydrogen) atoms. The largest absolute Gasteiger partial charge is 0.336 e. The Kier molecular flexibility index (Phi) is 5.37. The number of amides is 1. The Bertz CT molecular complexity index is 643. The lowest BCUT2D eigenvalue weighted by Gasteiger charge is -2.11. The predicted molar refractivity (Wildman–Crippen MR) is 84.5 cm³/mol. The normalized spacial score (nSPS) is 12.1. The Morgan fingerprint density at radius 2 is 2.09 bits per heavy atom. The number of aryl methyl sites for hydroxylation is 1. The van der Waals surface area contributed by atoms with Crippen molar-refractivity contribution >= 4 is 23.4 Å². The first-order valence-electron chi connectivity index (χ1n) is 6.93. The van der Waals surface area contributed by atoms with Crippen molar-refractivity contribution in [2.75, 3.05) is 11.2 Å². The van der Waals surface area contributed by atoms with Crippen molar-refractivity contribution in [1.82, 2.24) is 14.9 Å². The van der Waals surface area contributed by atoms with E-state index in [1.807, 2.05) is 6.92 Å². The van der Waals surface area contributed by atoms with Gasteiger partial charge in [0.15, 0.2) is 5.82 Å². The Morgan fingerprint density at radius 1 is 1.41 bits per heavy atom. The van der Waals surface area contributed by atoms with Crippen molar-refractivity contribution in [3.63, 3.8) is 0 Å². The molecule has 0 spiro atoms. The molecule has 0 unspecified atom stereocenters.